The van der Waals surface area contributed by atoms with E-state index in [4.69, 9.17) is 27.9 Å². The monoisotopic (exact) mass is 423 g/mol. The molecule has 0 aliphatic carbocycles. The first kappa shape index (κ1) is 17.2. The normalized spacial score (nSPS) is 27.7. The van der Waals surface area contributed by atoms with Crippen molar-refractivity contribution in [1.82, 2.24) is 4.57 Å². The molecule has 1 aliphatic rings. The second kappa shape index (κ2) is 6.33. The quantitative estimate of drug-likeness (QED) is 0.656. The van der Waals surface area contributed by atoms with E-state index in [1.54, 1.807) is 12.1 Å². The molecule has 0 radical (unpaired) electrons. The highest BCUT2D eigenvalue weighted by Crippen LogP contribution is 2.40. The molecule has 1 aliphatic heterocycles. The summed E-state index contributed by atoms with van der Waals surface area (Å²) in [6.07, 6.45) is -3.81. The molecule has 1 aromatic heterocycles. The number of fused-ring (bicyclic) bond motifs is 1. The third-order valence-corrected chi connectivity index (χ3v) is 5.44. The molecule has 1 saturated heterocycles. The summed E-state index contributed by atoms with van der Waals surface area (Å²) in [6.45, 7) is -0.446. The average molecular weight is 425 g/mol. The van der Waals surface area contributed by atoms with E-state index in [-0.39, 0.29) is 10.0 Å². The fourth-order valence-electron chi connectivity index (χ4n) is 2.75. The summed E-state index contributed by atoms with van der Waals surface area (Å²) in [7, 11) is 0. The lowest BCUT2D eigenvalue weighted by Gasteiger charge is -2.19. The van der Waals surface area contributed by atoms with Crippen LogP contribution >= 0.6 is 39.1 Å². The molecule has 3 N–H and O–H groups in total. The number of rotatable bonds is 3. The summed E-state index contributed by atoms with van der Waals surface area (Å²) in [5.74, 6) is 0. The van der Waals surface area contributed by atoms with Crippen LogP contribution in [0.1, 0.15) is 16.6 Å². The molecule has 0 amide bonds. The van der Waals surface area contributed by atoms with Gasteiger partial charge in [-0.05, 0) is 28.1 Å². The average Bonchev–Trinajstić information content (AvgIpc) is 2.94. The molecule has 0 unspecified atom stereocenters. The minimum atomic E-state index is -1.28. The molecule has 0 bridgehead atoms. The van der Waals surface area contributed by atoms with E-state index in [1.165, 1.54) is 4.57 Å². The van der Waals surface area contributed by atoms with Crippen LogP contribution in [0.5, 0.6) is 0 Å². The zero-order valence-corrected chi connectivity index (χ0v) is 14.6. The SMILES string of the molecule is O=Cc1c(Br)n([C@@H]2O[C@H](CO)[C@@H](O)[C@H]2O)c2cc(Cl)c(Cl)cc12. The standard InChI is InChI=1S/C14H12BrCl2NO5/c15-13-6(3-19)5-1-7(16)8(17)2-9(5)18(13)14-12(22)11(21)10(4-20)23-14/h1-3,10-12,14,20-22H,4H2/t10-,11-,12-,14-/m1/s1. The van der Waals surface area contributed by atoms with Gasteiger partial charge in [0.2, 0.25) is 0 Å². The molecule has 0 saturated carbocycles. The van der Waals surface area contributed by atoms with Gasteiger partial charge in [0.05, 0.1) is 32.3 Å². The van der Waals surface area contributed by atoms with E-state index < -0.39 is 31.1 Å². The number of hydrogen-bond acceptors (Lipinski definition) is 5. The Balaban J connectivity index is 2.24. The fourth-order valence-corrected chi connectivity index (χ4v) is 3.77. The summed E-state index contributed by atoms with van der Waals surface area (Å²) in [4.78, 5) is 11.4. The number of aldehydes is 1. The predicted molar refractivity (Wildman–Crippen MR) is 88.1 cm³/mol. The molecule has 23 heavy (non-hydrogen) atoms. The van der Waals surface area contributed by atoms with E-state index >= 15 is 0 Å². The number of ether oxygens (including phenoxy) is 1. The first-order chi connectivity index (χ1) is 10.9. The maximum Gasteiger partial charge on any atom is 0.164 e. The molecule has 3 rings (SSSR count). The first-order valence-corrected chi connectivity index (χ1v) is 8.21. The molecule has 2 heterocycles. The zero-order valence-electron chi connectivity index (χ0n) is 11.5. The smallest absolute Gasteiger partial charge is 0.164 e. The Morgan fingerprint density at radius 1 is 1.26 bits per heavy atom. The van der Waals surface area contributed by atoms with Gasteiger partial charge in [-0.15, -0.1) is 0 Å². The third kappa shape index (κ3) is 2.60. The summed E-state index contributed by atoms with van der Waals surface area (Å²) in [5, 5.41) is 30.5. The number of aliphatic hydroxyl groups is 3. The molecule has 2 aromatic rings. The van der Waals surface area contributed by atoms with Crippen LogP contribution in [0, 0.1) is 0 Å². The van der Waals surface area contributed by atoms with Crippen molar-refractivity contribution in [3.8, 4) is 0 Å². The molecule has 1 aromatic carbocycles. The largest absolute Gasteiger partial charge is 0.394 e. The highest BCUT2D eigenvalue weighted by molar-refractivity contribution is 9.10. The van der Waals surface area contributed by atoms with Gasteiger partial charge in [0.15, 0.2) is 12.5 Å². The topological polar surface area (TPSA) is 91.9 Å². The lowest BCUT2D eigenvalue weighted by atomic mass is 10.1. The number of nitrogens with zero attached hydrogens (tertiary/aromatic N) is 1. The number of hydrogen-bond donors (Lipinski definition) is 3. The highest BCUT2D eigenvalue weighted by Gasteiger charge is 2.44. The van der Waals surface area contributed by atoms with Crippen molar-refractivity contribution in [3.63, 3.8) is 0 Å². The van der Waals surface area contributed by atoms with Crippen molar-refractivity contribution in [2.75, 3.05) is 6.61 Å². The van der Waals surface area contributed by atoms with Crippen LogP contribution < -0.4 is 0 Å². The van der Waals surface area contributed by atoms with Crippen molar-refractivity contribution in [1.29, 1.82) is 0 Å². The van der Waals surface area contributed by atoms with Crippen LogP contribution in [-0.4, -0.2) is 51.1 Å². The molecule has 124 valence electrons. The molecule has 6 nitrogen and oxygen atoms in total. The highest BCUT2D eigenvalue weighted by atomic mass is 79.9. The Kier molecular flexibility index (Phi) is 4.72. The lowest BCUT2D eigenvalue weighted by Crippen LogP contribution is -2.33. The molecular weight excluding hydrogens is 413 g/mol. The minimum Gasteiger partial charge on any atom is -0.394 e. The maximum absolute atomic E-state index is 11.4. The van der Waals surface area contributed by atoms with Gasteiger partial charge < -0.3 is 24.6 Å². The van der Waals surface area contributed by atoms with Crippen LogP contribution in [0.3, 0.4) is 0 Å². The van der Waals surface area contributed by atoms with Gasteiger partial charge in [0.25, 0.3) is 0 Å². The zero-order chi connectivity index (χ0) is 16.9. The Hall–Kier alpha value is -0.670. The van der Waals surface area contributed by atoms with E-state index in [1.807, 2.05) is 0 Å². The van der Waals surface area contributed by atoms with E-state index in [0.29, 0.717) is 27.4 Å². The Morgan fingerprint density at radius 3 is 2.48 bits per heavy atom. The summed E-state index contributed by atoms with van der Waals surface area (Å²) < 4.78 is 7.39. The van der Waals surface area contributed by atoms with Crippen molar-refractivity contribution in [3.05, 3.63) is 32.3 Å². The van der Waals surface area contributed by atoms with Crippen LogP contribution in [0.2, 0.25) is 10.0 Å². The number of carbonyl (C=O) groups excluding carboxylic acids is 1. The first-order valence-electron chi connectivity index (χ1n) is 6.66. The van der Waals surface area contributed by atoms with Crippen molar-refractivity contribution >= 4 is 56.3 Å². The van der Waals surface area contributed by atoms with Crippen LogP contribution in [0.15, 0.2) is 16.7 Å². The molecule has 0 spiro atoms. The number of aliphatic hydroxyl groups excluding tert-OH is 3. The van der Waals surface area contributed by atoms with Gasteiger partial charge in [0, 0.05) is 5.39 Å². The van der Waals surface area contributed by atoms with Gasteiger partial charge in [-0.3, -0.25) is 4.79 Å². The summed E-state index contributed by atoms with van der Waals surface area (Å²) in [6, 6.07) is 3.09. The van der Waals surface area contributed by atoms with Crippen molar-refractivity contribution in [2.45, 2.75) is 24.5 Å². The minimum absolute atomic E-state index is 0.273. The van der Waals surface area contributed by atoms with Gasteiger partial charge in [-0.25, -0.2) is 0 Å². The second-order valence-electron chi connectivity index (χ2n) is 5.20. The molecule has 9 heteroatoms. The second-order valence-corrected chi connectivity index (χ2v) is 6.77. The summed E-state index contributed by atoms with van der Waals surface area (Å²) in [5.41, 5.74) is 0.819. The van der Waals surface area contributed by atoms with Gasteiger partial charge >= 0.3 is 0 Å². The van der Waals surface area contributed by atoms with Crippen molar-refractivity contribution < 1.29 is 24.9 Å². The maximum atomic E-state index is 11.4. The fraction of sp³-hybridized carbons (Fsp3) is 0.357. The van der Waals surface area contributed by atoms with Crippen LogP contribution in [-0.2, 0) is 4.74 Å². The third-order valence-electron chi connectivity index (χ3n) is 3.91. The number of carbonyl (C=O) groups is 1. The molecular formula is C14H12BrCl2NO5. The number of aromatic nitrogens is 1. The lowest BCUT2D eigenvalue weighted by molar-refractivity contribution is -0.0515. The molecule has 1 fully saturated rings. The van der Waals surface area contributed by atoms with E-state index in [9.17, 15) is 20.1 Å². The van der Waals surface area contributed by atoms with Gasteiger partial charge in [-0.1, -0.05) is 23.2 Å². The van der Waals surface area contributed by atoms with E-state index in [2.05, 4.69) is 15.9 Å². The predicted octanol–water partition coefficient (Wildman–Crippen LogP) is 2.13. The Morgan fingerprint density at radius 2 is 1.91 bits per heavy atom. The number of benzene rings is 1. The number of halogens is 3. The van der Waals surface area contributed by atoms with Crippen molar-refractivity contribution in [2.24, 2.45) is 0 Å². The van der Waals surface area contributed by atoms with Gasteiger partial charge in [0.1, 0.15) is 18.3 Å². The Bertz CT molecular complexity index is 780. The van der Waals surface area contributed by atoms with Crippen LogP contribution in [0.4, 0.5) is 0 Å². The van der Waals surface area contributed by atoms with Crippen LogP contribution in [0.25, 0.3) is 10.9 Å². The Labute approximate surface area is 149 Å². The molecule has 4 atom stereocenters. The summed E-state index contributed by atoms with van der Waals surface area (Å²) >= 11 is 15.4. The van der Waals surface area contributed by atoms with Gasteiger partial charge in [-0.2, -0.15) is 0 Å². The van der Waals surface area contributed by atoms with E-state index in [0.717, 1.165) is 0 Å².